The van der Waals surface area contributed by atoms with Crippen LogP contribution < -0.4 is 0 Å². The summed E-state index contributed by atoms with van der Waals surface area (Å²) in [7, 11) is 2.02. The number of imidazole rings is 1. The van der Waals surface area contributed by atoms with E-state index in [2.05, 4.69) is 20.6 Å². The van der Waals surface area contributed by atoms with Crippen molar-refractivity contribution in [2.75, 3.05) is 6.61 Å². The third-order valence-electron chi connectivity index (χ3n) is 3.14. The van der Waals surface area contributed by atoms with Gasteiger partial charge in [0, 0.05) is 19.0 Å². The topological polar surface area (TPSA) is 39.9 Å². The Morgan fingerprint density at radius 1 is 1.22 bits per heavy atom. The second-order valence-corrected chi connectivity index (χ2v) is 4.23. The molecule has 0 aliphatic heterocycles. The molecule has 4 nitrogen and oxygen atoms in total. The zero-order chi connectivity index (χ0) is 12.5. The highest BCUT2D eigenvalue weighted by molar-refractivity contribution is 6.02. The molecule has 0 aliphatic rings. The van der Waals surface area contributed by atoms with E-state index in [0.717, 1.165) is 27.8 Å². The maximum Gasteiger partial charge on any atom is 0.135 e. The average molecular weight is 241 g/mol. The van der Waals surface area contributed by atoms with Crippen molar-refractivity contribution in [2.45, 2.75) is 13.5 Å². The van der Waals surface area contributed by atoms with Crippen LogP contribution >= 0.6 is 0 Å². The number of aryl methyl sites for hydroxylation is 1. The van der Waals surface area contributed by atoms with E-state index in [1.807, 2.05) is 38.4 Å². The minimum absolute atomic E-state index is 0.538. The summed E-state index contributed by atoms with van der Waals surface area (Å²) in [6.45, 7) is 3.22. The van der Waals surface area contributed by atoms with Crippen LogP contribution in [0.15, 0.2) is 30.5 Å². The van der Waals surface area contributed by atoms with Crippen LogP contribution in [0.3, 0.4) is 0 Å². The van der Waals surface area contributed by atoms with Crippen molar-refractivity contribution in [3.05, 3.63) is 36.3 Å². The molecule has 0 saturated heterocycles. The Balaban J connectivity index is 2.26. The third kappa shape index (κ3) is 1.66. The van der Waals surface area contributed by atoms with E-state index in [4.69, 9.17) is 4.74 Å². The summed E-state index contributed by atoms with van der Waals surface area (Å²) in [4.78, 5) is 9.00. The number of rotatable bonds is 3. The molecule has 2 heterocycles. The van der Waals surface area contributed by atoms with Gasteiger partial charge < -0.3 is 9.30 Å². The molecule has 0 fully saturated rings. The Morgan fingerprint density at radius 3 is 2.89 bits per heavy atom. The molecule has 0 aliphatic carbocycles. The Morgan fingerprint density at radius 2 is 2.06 bits per heavy atom. The number of hydrogen-bond acceptors (Lipinski definition) is 3. The third-order valence-corrected chi connectivity index (χ3v) is 3.14. The van der Waals surface area contributed by atoms with Gasteiger partial charge in [-0.2, -0.15) is 0 Å². The van der Waals surface area contributed by atoms with E-state index in [9.17, 15) is 0 Å². The molecule has 0 spiro atoms. The maximum atomic E-state index is 5.44. The van der Waals surface area contributed by atoms with Gasteiger partial charge in [0.2, 0.25) is 0 Å². The fourth-order valence-corrected chi connectivity index (χ4v) is 2.22. The molecule has 3 rings (SSSR count). The normalized spacial score (nSPS) is 11.4. The van der Waals surface area contributed by atoms with Crippen molar-refractivity contribution in [3.8, 4) is 0 Å². The van der Waals surface area contributed by atoms with Crippen LogP contribution in [0.2, 0.25) is 0 Å². The SMILES string of the molecule is CCOCc1nc2cnc3ccccc3c2n1C. The first kappa shape index (κ1) is 11.2. The predicted octanol–water partition coefficient (Wildman–Crippen LogP) is 2.66. The number of nitrogens with zero attached hydrogens (tertiary/aromatic N) is 3. The van der Waals surface area contributed by atoms with E-state index in [1.165, 1.54) is 0 Å². The molecule has 0 bridgehead atoms. The van der Waals surface area contributed by atoms with Crippen LogP contribution in [-0.2, 0) is 18.4 Å². The smallest absolute Gasteiger partial charge is 0.135 e. The first-order valence-corrected chi connectivity index (χ1v) is 6.08. The van der Waals surface area contributed by atoms with Crippen molar-refractivity contribution in [2.24, 2.45) is 7.05 Å². The fraction of sp³-hybridized carbons (Fsp3) is 0.286. The molecule has 2 aromatic heterocycles. The monoisotopic (exact) mass is 241 g/mol. The zero-order valence-electron chi connectivity index (χ0n) is 10.6. The summed E-state index contributed by atoms with van der Waals surface area (Å²) in [6.07, 6.45) is 1.83. The standard InChI is InChI=1S/C14H15N3O/c1-3-18-9-13-16-12-8-15-11-7-5-4-6-10(11)14(12)17(13)2/h4-8H,3,9H2,1-2H3. The van der Waals surface area contributed by atoms with Crippen LogP contribution in [0.5, 0.6) is 0 Å². The van der Waals surface area contributed by atoms with E-state index in [-0.39, 0.29) is 0 Å². The van der Waals surface area contributed by atoms with Crippen molar-refractivity contribution in [3.63, 3.8) is 0 Å². The fourth-order valence-electron chi connectivity index (χ4n) is 2.22. The molecular weight excluding hydrogens is 226 g/mol. The van der Waals surface area contributed by atoms with E-state index in [0.29, 0.717) is 13.2 Å². The van der Waals surface area contributed by atoms with Gasteiger partial charge in [-0.1, -0.05) is 18.2 Å². The van der Waals surface area contributed by atoms with Gasteiger partial charge in [0.25, 0.3) is 0 Å². The highest BCUT2D eigenvalue weighted by Gasteiger charge is 2.11. The number of hydrogen-bond donors (Lipinski definition) is 0. The number of para-hydroxylation sites is 1. The minimum Gasteiger partial charge on any atom is -0.374 e. The summed E-state index contributed by atoms with van der Waals surface area (Å²) < 4.78 is 7.53. The highest BCUT2D eigenvalue weighted by Crippen LogP contribution is 2.23. The molecule has 4 heteroatoms. The quantitative estimate of drug-likeness (QED) is 0.707. The Labute approximate surface area is 105 Å². The molecule has 0 unspecified atom stereocenters. The number of pyridine rings is 1. The van der Waals surface area contributed by atoms with Crippen LogP contribution in [0.25, 0.3) is 21.9 Å². The van der Waals surface area contributed by atoms with Crippen molar-refractivity contribution in [1.29, 1.82) is 0 Å². The van der Waals surface area contributed by atoms with Gasteiger partial charge in [-0.3, -0.25) is 4.98 Å². The predicted molar refractivity (Wildman–Crippen MR) is 71.3 cm³/mol. The lowest BCUT2D eigenvalue weighted by molar-refractivity contribution is 0.126. The largest absolute Gasteiger partial charge is 0.374 e. The summed E-state index contributed by atoms with van der Waals surface area (Å²) in [5, 5.41) is 1.13. The number of aromatic nitrogens is 3. The van der Waals surface area contributed by atoms with Crippen molar-refractivity contribution >= 4 is 21.9 Å². The van der Waals surface area contributed by atoms with Crippen LogP contribution in [0.4, 0.5) is 0 Å². The second-order valence-electron chi connectivity index (χ2n) is 4.23. The van der Waals surface area contributed by atoms with Crippen LogP contribution in [0.1, 0.15) is 12.7 Å². The van der Waals surface area contributed by atoms with Gasteiger partial charge >= 0.3 is 0 Å². The molecule has 0 radical (unpaired) electrons. The summed E-state index contributed by atoms with van der Waals surface area (Å²) in [6, 6.07) is 8.12. The minimum atomic E-state index is 0.538. The Bertz CT molecular complexity index is 703. The van der Waals surface area contributed by atoms with Gasteiger partial charge in [0.15, 0.2) is 0 Å². The molecular formula is C14H15N3O. The average Bonchev–Trinajstić information content (AvgIpc) is 2.73. The molecule has 92 valence electrons. The molecule has 0 atom stereocenters. The van der Waals surface area contributed by atoms with Gasteiger partial charge in [-0.15, -0.1) is 0 Å². The van der Waals surface area contributed by atoms with Gasteiger partial charge in [0.1, 0.15) is 17.9 Å². The first-order valence-electron chi connectivity index (χ1n) is 6.08. The first-order chi connectivity index (χ1) is 8.81. The highest BCUT2D eigenvalue weighted by atomic mass is 16.5. The number of benzene rings is 1. The lowest BCUT2D eigenvalue weighted by Crippen LogP contribution is -2.01. The lowest BCUT2D eigenvalue weighted by Gasteiger charge is -2.03. The molecule has 18 heavy (non-hydrogen) atoms. The number of fused-ring (bicyclic) bond motifs is 3. The summed E-state index contributed by atoms with van der Waals surface area (Å²) in [5.41, 5.74) is 3.04. The van der Waals surface area contributed by atoms with Crippen LogP contribution in [-0.4, -0.2) is 21.1 Å². The molecule has 3 aromatic rings. The molecule has 0 amide bonds. The van der Waals surface area contributed by atoms with E-state index < -0.39 is 0 Å². The molecule has 0 saturated carbocycles. The maximum absolute atomic E-state index is 5.44. The summed E-state index contributed by atoms with van der Waals surface area (Å²) >= 11 is 0. The van der Waals surface area contributed by atoms with Crippen LogP contribution in [0, 0.1) is 0 Å². The zero-order valence-corrected chi connectivity index (χ0v) is 10.6. The Hall–Kier alpha value is -1.94. The van der Waals surface area contributed by atoms with Gasteiger partial charge in [-0.25, -0.2) is 4.98 Å². The second kappa shape index (κ2) is 4.38. The van der Waals surface area contributed by atoms with Crippen molar-refractivity contribution in [1.82, 2.24) is 14.5 Å². The molecule has 1 aromatic carbocycles. The Kier molecular flexibility index (Phi) is 2.72. The molecule has 0 N–H and O–H groups in total. The van der Waals surface area contributed by atoms with E-state index >= 15 is 0 Å². The number of ether oxygens (including phenoxy) is 1. The lowest BCUT2D eigenvalue weighted by atomic mass is 10.2. The van der Waals surface area contributed by atoms with Gasteiger partial charge in [0.05, 0.1) is 17.2 Å². The van der Waals surface area contributed by atoms with E-state index in [1.54, 1.807) is 0 Å². The van der Waals surface area contributed by atoms with Gasteiger partial charge in [-0.05, 0) is 13.0 Å². The van der Waals surface area contributed by atoms with Crippen molar-refractivity contribution < 1.29 is 4.74 Å². The summed E-state index contributed by atoms with van der Waals surface area (Å²) in [5.74, 6) is 0.935.